The fourth-order valence-electron chi connectivity index (χ4n) is 2.83. The van der Waals surface area contributed by atoms with E-state index in [1.165, 1.54) is 6.33 Å². The maximum Gasteiger partial charge on any atom is 0.207 e. The van der Waals surface area contributed by atoms with Crippen LogP contribution in [0.1, 0.15) is 5.76 Å². The van der Waals surface area contributed by atoms with Crippen LogP contribution < -0.4 is 0 Å². The van der Waals surface area contributed by atoms with Gasteiger partial charge in [0.05, 0.1) is 5.69 Å². The van der Waals surface area contributed by atoms with E-state index in [1.54, 1.807) is 16.8 Å². The molecular weight excluding hydrogens is 318 g/mol. The van der Waals surface area contributed by atoms with E-state index in [0.717, 1.165) is 22.2 Å². The summed E-state index contributed by atoms with van der Waals surface area (Å²) in [6, 6.07) is 11.5. The van der Waals surface area contributed by atoms with Crippen LogP contribution in [0.5, 0.6) is 0 Å². The van der Waals surface area contributed by atoms with Gasteiger partial charge in [0, 0.05) is 23.0 Å². The van der Waals surface area contributed by atoms with Gasteiger partial charge in [-0.1, -0.05) is 29.4 Å². The first-order valence-electron chi connectivity index (χ1n) is 7.65. The van der Waals surface area contributed by atoms with Crippen LogP contribution in [0.15, 0.2) is 53.4 Å². The summed E-state index contributed by atoms with van der Waals surface area (Å²) in [7, 11) is 0. The Morgan fingerprint density at radius 2 is 1.88 bits per heavy atom. The lowest BCUT2D eigenvalue weighted by molar-refractivity contribution is 0.399. The highest BCUT2D eigenvalue weighted by Crippen LogP contribution is 2.29. The molecule has 0 N–H and O–H groups in total. The average Bonchev–Trinajstić information content (AvgIpc) is 3.27. The van der Waals surface area contributed by atoms with Crippen molar-refractivity contribution in [3.63, 3.8) is 0 Å². The number of benzene rings is 1. The summed E-state index contributed by atoms with van der Waals surface area (Å²) in [5.74, 6) is 1.22. The molecule has 1 aromatic carbocycles. The van der Waals surface area contributed by atoms with E-state index >= 15 is 0 Å². The highest BCUT2D eigenvalue weighted by molar-refractivity contribution is 6.01. The fourth-order valence-corrected chi connectivity index (χ4v) is 2.83. The van der Waals surface area contributed by atoms with Gasteiger partial charge in [0.15, 0.2) is 11.3 Å². The first-order valence-corrected chi connectivity index (χ1v) is 7.65. The Balaban J connectivity index is 1.89. The minimum atomic E-state index is 0.521. The molecular formula is C17H11N7O. The first-order chi connectivity index (χ1) is 12.3. The summed E-state index contributed by atoms with van der Waals surface area (Å²) in [5, 5.41) is 19.2. The molecule has 5 aromatic rings. The van der Waals surface area contributed by atoms with Gasteiger partial charge in [-0.2, -0.15) is 9.61 Å². The van der Waals surface area contributed by atoms with Crippen LogP contribution in [0.2, 0.25) is 0 Å². The SMILES string of the molecule is Cc1cc(-c2nnc3c4ccccc4c(-c4ccncn4)nn23)no1. The molecule has 0 saturated heterocycles. The molecule has 0 aliphatic heterocycles. The van der Waals surface area contributed by atoms with Gasteiger partial charge < -0.3 is 4.52 Å². The molecule has 0 bridgehead atoms. The Labute approximate surface area is 141 Å². The monoisotopic (exact) mass is 329 g/mol. The molecule has 0 radical (unpaired) electrons. The molecule has 0 aliphatic carbocycles. The predicted molar refractivity (Wildman–Crippen MR) is 89.5 cm³/mol. The van der Waals surface area contributed by atoms with Crippen LogP contribution in [0.25, 0.3) is 39.3 Å². The second kappa shape index (κ2) is 5.17. The van der Waals surface area contributed by atoms with E-state index < -0.39 is 0 Å². The van der Waals surface area contributed by atoms with Gasteiger partial charge in [0.2, 0.25) is 5.82 Å². The van der Waals surface area contributed by atoms with Gasteiger partial charge in [0.1, 0.15) is 17.8 Å². The molecule has 120 valence electrons. The van der Waals surface area contributed by atoms with Crippen LogP contribution in [0.3, 0.4) is 0 Å². The smallest absolute Gasteiger partial charge is 0.207 e. The Bertz CT molecular complexity index is 1210. The van der Waals surface area contributed by atoms with E-state index in [4.69, 9.17) is 9.62 Å². The number of hydrogen-bond acceptors (Lipinski definition) is 7. The van der Waals surface area contributed by atoms with Crippen LogP contribution in [-0.4, -0.2) is 34.9 Å². The maximum atomic E-state index is 5.16. The molecule has 4 aromatic heterocycles. The molecule has 0 fully saturated rings. The second-order valence-corrected chi connectivity index (χ2v) is 5.57. The van der Waals surface area contributed by atoms with Crippen LogP contribution in [0, 0.1) is 6.92 Å². The molecule has 0 atom stereocenters. The third-order valence-corrected chi connectivity index (χ3v) is 3.95. The lowest BCUT2D eigenvalue weighted by Gasteiger charge is -2.07. The highest BCUT2D eigenvalue weighted by atomic mass is 16.5. The summed E-state index contributed by atoms with van der Waals surface area (Å²) in [6.07, 6.45) is 3.20. The highest BCUT2D eigenvalue weighted by Gasteiger charge is 2.18. The van der Waals surface area contributed by atoms with Crippen molar-refractivity contribution >= 4 is 16.4 Å². The summed E-state index contributed by atoms with van der Waals surface area (Å²) in [6.45, 7) is 1.83. The Morgan fingerprint density at radius 1 is 1.00 bits per heavy atom. The number of aromatic nitrogens is 7. The third kappa shape index (κ3) is 2.08. The summed E-state index contributed by atoms with van der Waals surface area (Å²) in [4.78, 5) is 8.31. The van der Waals surface area contributed by atoms with Crippen molar-refractivity contribution in [2.45, 2.75) is 6.92 Å². The van der Waals surface area contributed by atoms with Gasteiger partial charge in [-0.3, -0.25) is 0 Å². The average molecular weight is 329 g/mol. The van der Waals surface area contributed by atoms with Crippen molar-refractivity contribution in [1.82, 2.24) is 34.9 Å². The first kappa shape index (κ1) is 13.7. The summed E-state index contributed by atoms with van der Waals surface area (Å²) in [5.41, 5.74) is 2.70. The number of nitrogens with zero attached hydrogens (tertiary/aromatic N) is 7. The third-order valence-electron chi connectivity index (χ3n) is 3.95. The Kier molecular flexibility index (Phi) is 2.84. The molecule has 0 amide bonds. The molecule has 0 saturated carbocycles. The second-order valence-electron chi connectivity index (χ2n) is 5.57. The molecule has 4 heterocycles. The standard InChI is InChI=1S/C17H11N7O/c1-10-8-14(23-25-10)17-21-20-16-12-5-3-2-4-11(12)15(22-24(16)17)13-6-7-18-9-19-13/h2-9H,1H3. The van der Waals surface area contributed by atoms with Crippen LogP contribution in [0.4, 0.5) is 0 Å². The zero-order chi connectivity index (χ0) is 16.8. The van der Waals surface area contributed by atoms with E-state index in [9.17, 15) is 0 Å². The van der Waals surface area contributed by atoms with E-state index in [1.807, 2.05) is 37.3 Å². The molecule has 8 nitrogen and oxygen atoms in total. The van der Waals surface area contributed by atoms with Gasteiger partial charge in [0.25, 0.3) is 0 Å². The summed E-state index contributed by atoms with van der Waals surface area (Å²) >= 11 is 0. The lowest BCUT2D eigenvalue weighted by Crippen LogP contribution is -2.00. The molecule has 25 heavy (non-hydrogen) atoms. The minimum absolute atomic E-state index is 0.521. The Morgan fingerprint density at radius 3 is 2.64 bits per heavy atom. The molecule has 8 heteroatoms. The van der Waals surface area contributed by atoms with Gasteiger partial charge in [-0.25, -0.2) is 9.97 Å². The van der Waals surface area contributed by atoms with Crippen molar-refractivity contribution in [3.05, 3.63) is 54.7 Å². The largest absolute Gasteiger partial charge is 0.361 e. The van der Waals surface area contributed by atoms with Crippen LogP contribution >= 0.6 is 0 Å². The summed E-state index contributed by atoms with van der Waals surface area (Å²) < 4.78 is 6.84. The Hall–Kier alpha value is -3.68. The number of fused-ring (bicyclic) bond motifs is 3. The van der Waals surface area contributed by atoms with Crippen LogP contribution in [-0.2, 0) is 0 Å². The number of aryl methyl sites for hydroxylation is 1. The zero-order valence-electron chi connectivity index (χ0n) is 13.2. The number of hydrogen-bond donors (Lipinski definition) is 0. The molecule has 5 rings (SSSR count). The maximum absolute atomic E-state index is 5.16. The van der Waals surface area contributed by atoms with Crippen molar-refractivity contribution < 1.29 is 4.52 Å². The van der Waals surface area contributed by atoms with E-state index in [-0.39, 0.29) is 0 Å². The quantitative estimate of drug-likeness (QED) is 0.491. The molecule has 0 unspecified atom stereocenters. The molecule has 0 spiro atoms. The van der Waals surface area contributed by atoms with Crippen molar-refractivity contribution in [1.29, 1.82) is 0 Å². The van der Waals surface area contributed by atoms with Crippen molar-refractivity contribution in [2.75, 3.05) is 0 Å². The van der Waals surface area contributed by atoms with Gasteiger partial charge in [-0.15, -0.1) is 10.2 Å². The van der Waals surface area contributed by atoms with Crippen molar-refractivity contribution in [3.8, 4) is 22.9 Å². The van der Waals surface area contributed by atoms with Gasteiger partial charge in [-0.05, 0) is 13.0 Å². The van der Waals surface area contributed by atoms with Gasteiger partial charge >= 0.3 is 0 Å². The minimum Gasteiger partial charge on any atom is -0.361 e. The zero-order valence-corrected chi connectivity index (χ0v) is 13.2. The normalized spacial score (nSPS) is 11.4. The molecule has 0 aliphatic rings. The lowest BCUT2D eigenvalue weighted by atomic mass is 10.1. The number of rotatable bonds is 2. The van der Waals surface area contributed by atoms with E-state index in [0.29, 0.717) is 22.9 Å². The fraction of sp³-hybridized carbons (Fsp3) is 0.0588. The topological polar surface area (TPSA) is 94.9 Å². The predicted octanol–water partition coefficient (Wildman–Crippen LogP) is 2.70. The van der Waals surface area contributed by atoms with Crippen molar-refractivity contribution in [2.24, 2.45) is 0 Å². The van der Waals surface area contributed by atoms with E-state index in [2.05, 4.69) is 25.3 Å².